The van der Waals surface area contributed by atoms with Crippen molar-refractivity contribution in [2.24, 2.45) is 0 Å². The SMILES string of the molecule is O=C([O-])Nc1cccnc1. The van der Waals surface area contributed by atoms with Gasteiger partial charge in [0.2, 0.25) is 0 Å². The molecule has 0 saturated heterocycles. The summed E-state index contributed by atoms with van der Waals surface area (Å²) in [6.07, 6.45) is 1.63. The van der Waals surface area contributed by atoms with E-state index in [2.05, 4.69) is 4.98 Å². The summed E-state index contributed by atoms with van der Waals surface area (Å²) in [5.41, 5.74) is 0.419. The zero-order chi connectivity index (χ0) is 7.40. The molecule has 0 radical (unpaired) electrons. The fraction of sp³-hybridized carbons (Fsp3) is 0. The van der Waals surface area contributed by atoms with E-state index in [1.54, 1.807) is 18.3 Å². The van der Waals surface area contributed by atoms with Crippen LogP contribution in [0, 0.1) is 0 Å². The Hall–Kier alpha value is -1.58. The smallest absolute Gasteiger partial charge is 0.138 e. The van der Waals surface area contributed by atoms with Crippen molar-refractivity contribution < 1.29 is 9.90 Å². The van der Waals surface area contributed by atoms with Crippen molar-refractivity contribution in [3.63, 3.8) is 0 Å². The Balaban J connectivity index is 2.67. The second kappa shape index (κ2) is 2.82. The highest BCUT2D eigenvalue weighted by molar-refractivity contribution is 5.80. The van der Waals surface area contributed by atoms with Gasteiger partial charge in [-0.2, -0.15) is 0 Å². The average molecular weight is 137 g/mol. The van der Waals surface area contributed by atoms with E-state index in [0.29, 0.717) is 5.69 Å². The molecule has 4 heteroatoms. The van der Waals surface area contributed by atoms with E-state index in [0.717, 1.165) is 0 Å². The molecule has 0 bridgehead atoms. The lowest BCUT2D eigenvalue weighted by molar-refractivity contribution is -0.242. The molecule has 0 aliphatic heterocycles. The Labute approximate surface area is 57.5 Å². The number of amides is 1. The van der Waals surface area contributed by atoms with Gasteiger partial charge in [0.05, 0.1) is 11.9 Å². The molecule has 0 atom stereocenters. The number of carboxylic acid groups (broad SMARTS) is 1. The van der Waals surface area contributed by atoms with Gasteiger partial charge in [-0.3, -0.25) is 4.98 Å². The van der Waals surface area contributed by atoms with Gasteiger partial charge in [0.15, 0.2) is 0 Å². The maximum absolute atomic E-state index is 9.92. The number of carbonyl (C=O) groups is 1. The highest BCUT2D eigenvalue weighted by Crippen LogP contribution is 2.00. The molecule has 10 heavy (non-hydrogen) atoms. The fourth-order valence-electron chi connectivity index (χ4n) is 0.555. The molecule has 1 aromatic heterocycles. The number of nitrogens with zero attached hydrogens (tertiary/aromatic N) is 1. The van der Waals surface area contributed by atoms with E-state index in [-0.39, 0.29) is 0 Å². The van der Waals surface area contributed by atoms with Gasteiger partial charge in [-0.1, -0.05) is 0 Å². The van der Waals surface area contributed by atoms with Gasteiger partial charge in [0.1, 0.15) is 6.09 Å². The van der Waals surface area contributed by atoms with Gasteiger partial charge in [-0.05, 0) is 12.1 Å². The predicted molar refractivity (Wildman–Crippen MR) is 33.3 cm³/mol. The second-order valence-corrected chi connectivity index (χ2v) is 1.65. The van der Waals surface area contributed by atoms with Crippen LogP contribution in [0.1, 0.15) is 0 Å². The first kappa shape index (κ1) is 6.54. The molecule has 0 aliphatic carbocycles. The van der Waals surface area contributed by atoms with E-state index >= 15 is 0 Å². The van der Waals surface area contributed by atoms with Crippen molar-refractivity contribution in [1.82, 2.24) is 4.98 Å². The van der Waals surface area contributed by atoms with E-state index < -0.39 is 6.09 Å². The number of anilines is 1. The zero-order valence-corrected chi connectivity index (χ0v) is 5.07. The van der Waals surface area contributed by atoms with Crippen LogP contribution in [0.5, 0.6) is 0 Å². The number of carbonyl (C=O) groups excluding carboxylic acids is 1. The Kier molecular flexibility index (Phi) is 1.84. The molecular formula is C6H5N2O2-. The first-order chi connectivity index (χ1) is 4.79. The summed E-state index contributed by atoms with van der Waals surface area (Å²) in [7, 11) is 0. The number of nitrogens with one attached hydrogen (secondary N) is 1. The van der Waals surface area contributed by atoms with Crippen LogP contribution in [0.3, 0.4) is 0 Å². The van der Waals surface area contributed by atoms with Gasteiger partial charge in [-0.25, -0.2) is 0 Å². The molecule has 1 rings (SSSR count). The number of aromatic nitrogens is 1. The Morgan fingerprint density at radius 1 is 1.70 bits per heavy atom. The summed E-state index contributed by atoms with van der Waals surface area (Å²) >= 11 is 0. The summed E-state index contributed by atoms with van der Waals surface area (Å²) in [4.78, 5) is 13.6. The number of pyridine rings is 1. The molecule has 0 unspecified atom stereocenters. The molecule has 52 valence electrons. The molecule has 1 N–H and O–H groups in total. The van der Waals surface area contributed by atoms with Crippen LogP contribution in [0.2, 0.25) is 0 Å². The van der Waals surface area contributed by atoms with Crippen molar-refractivity contribution in [3.8, 4) is 0 Å². The molecule has 0 spiro atoms. The fourth-order valence-corrected chi connectivity index (χ4v) is 0.555. The zero-order valence-electron chi connectivity index (χ0n) is 5.07. The van der Waals surface area contributed by atoms with Gasteiger partial charge in [-0.15, -0.1) is 0 Å². The topological polar surface area (TPSA) is 65.0 Å². The maximum Gasteiger partial charge on any atom is 0.138 e. The first-order valence-electron chi connectivity index (χ1n) is 2.67. The molecule has 0 aromatic carbocycles. The molecule has 1 aromatic rings. The number of rotatable bonds is 1. The van der Waals surface area contributed by atoms with Crippen molar-refractivity contribution in [1.29, 1.82) is 0 Å². The first-order valence-corrected chi connectivity index (χ1v) is 2.67. The summed E-state index contributed by atoms with van der Waals surface area (Å²) in [6.45, 7) is 0. The third-order valence-electron chi connectivity index (χ3n) is 0.908. The highest BCUT2D eigenvalue weighted by Gasteiger charge is 1.86. The van der Waals surface area contributed by atoms with E-state index in [4.69, 9.17) is 0 Å². The van der Waals surface area contributed by atoms with Crippen LogP contribution in [-0.4, -0.2) is 11.1 Å². The molecule has 0 saturated carbocycles. The van der Waals surface area contributed by atoms with E-state index in [1.807, 2.05) is 5.32 Å². The van der Waals surface area contributed by atoms with Crippen molar-refractivity contribution in [3.05, 3.63) is 24.5 Å². The molecule has 0 fully saturated rings. The summed E-state index contributed by atoms with van der Waals surface area (Å²) in [6, 6.07) is 3.22. The largest absolute Gasteiger partial charge is 0.530 e. The summed E-state index contributed by atoms with van der Waals surface area (Å²) < 4.78 is 0. The van der Waals surface area contributed by atoms with Gasteiger partial charge in [0.25, 0.3) is 0 Å². The molecule has 4 nitrogen and oxygen atoms in total. The minimum absolute atomic E-state index is 0.419. The third kappa shape index (κ3) is 1.74. The van der Waals surface area contributed by atoms with Gasteiger partial charge in [0, 0.05) is 6.20 Å². The molecule has 1 amide bonds. The van der Waals surface area contributed by atoms with Crippen LogP contribution in [0.25, 0.3) is 0 Å². The van der Waals surface area contributed by atoms with Gasteiger partial charge >= 0.3 is 0 Å². The number of hydrogen-bond donors (Lipinski definition) is 1. The second-order valence-electron chi connectivity index (χ2n) is 1.65. The normalized spacial score (nSPS) is 8.80. The number of hydrogen-bond acceptors (Lipinski definition) is 3. The van der Waals surface area contributed by atoms with Crippen LogP contribution in [0.15, 0.2) is 24.5 Å². The maximum atomic E-state index is 9.92. The van der Waals surface area contributed by atoms with Crippen molar-refractivity contribution >= 4 is 11.8 Å². The Morgan fingerprint density at radius 2 is 2.50 bits per heavy atom. The summed E-state index contributed by atoms with van der Waals surface area (Å²) in [5.74, 6) is 0. The lowest BCUT2D eigenvalue weighted by atomic mass is 10.4. The molecular weight excluding hydrogens is 132 g/mol. The minimum Gasteiger partial charge on any atom is -0.530 e. The lowest BCUT2D eigenvalue weighted by Gasteiger charge is -2.03. The summed E-state index contributed by atoms with van der Waals surface area (Å²) in [5, 5.41) is 12.0. The standard InChI is InChI=1S/C6H6N2O2/c9-6(10)8-5-2-1-3-7-4-5/h1-4,8H,(H,9,10)/p-1. The lowest BCUT2D eigenvalue weighted by Crippen LogP contribution is -2.28. The van der Waals surface area contributed by atoms with Crippen LogP contribution >= 0.6 is 0 Å². The van der Waals surface area contributed by atoms with E-state index in [9.17, 15) is 9.90 Å². The van der Waals surface area contributed by atoms with E-state index in [1.165, 1.54) is 6.20 Å². The minimum atomic E-state index is -1.33. The van der Waals surface area contributed by atoms with Crippen molar-refractivity contribution in [2.45, 2.75) is 0 Å². The average Bonchev–Trinajstić information content (AvgIpc) is 1.88. The third-order valence-corrected chi connectivity index (χ3v) is 0.908. The molecule has 1 heterocycles. The monoisotopic (exact) mass is 137 g/mol. The van der Waals surface area contributed by atoms with Crippen LogP contribution in [0.4, 0.5) is 10.5 Å². The Morgan fingerprint density at radius 3 is 3.00 bits per heavy atom. The predicted octanol–water partition coefficient (Wildman–Crippen LogP) is -0.163. The molecule has 0 aliphatic rings. The van der Waals surface area contributed by atoms with Gasteiger partial charge < -0.3 is 15.2 Å². The Bertz CT molecular complexity index is 222. The highest BCUT2D eigenvalue weighted by atomic mass is 16.4. The van der Waals surface area contributed by atoms with Crippen molar-refractivity contribution in [2.75, 3.05) is 5.32 Å². The van der Waals surface area contributed by atoms with Crippen LogP contribution in [-0.2, 0) is 0 Å². The van der Waals surface area contributed by atoms with Crippen LogP contribution < -0.4 is 10.4 Å². The quantitative estimate of drug-likeness (QED) is 0.584.